The molecule has 0 radical (unpaired) electrons. The third-order valence-corrected chi connectivity index (χ3v) is 3.42. The molecular weight excluding hydrogens is 275 g/mol. The van der Waals surface area contributed by atoms with Crippen LogP contribution in [0.15, 0.2) is 29.6 Å². The number of rotatable bonds is 4. The molecule has 0 fully saturated rings. The molecule has 0 aliphatic carbocycles. The van der Waals surface area contributed by atoms with Gasteiger partial charge in [-0.2, -0.15) is 0 Å². The second-order valence-corrected chi connectivity index (χ2v) is 4.88. The molecule has 1 N–H and O–H groups in total. The molecule has 0 atom stereocenters. The molecule has 0 spiro atoms. The second-order valence-electron chi connectivity index (χ2n) is 3.85. The van der Waals surface area contributed by atoms with Gasteiger partial charge in [-0.15, -0.1) is 11.3 Å². The summed E-state index contributed by atoms with van der Waals surface area (Å²) in [6.07, 6.45) is 0.674. The average Bonchev–Trinajstić information content (AvgIpc) is 2.90. The van der Waals surface area contributed by atoms with E-state index in [0.717, 1.165) is 17.0 Å². The van der Waals surface area contributed by atoms with E-state index in [4.69, 9.17) is 0 Å². The summed E-state index contributed by atoms with van der Waals surface area (Å²) in [6, 6.07) is 5.52. The molecule has 1 aromatic carbocycles. The number of thiophene rings is 1. The van der Waals surface area contributed by atoms with Crippen molar-refractivity contribution in [2.24, 2.45) is 0 Å². The highest BCUT2D eigenvalue weighted by Crippen LogP contribution is 2.20. The van der Waals surface area contributed by atoms with Crippen molar-refractivity contribution in [1.82, 2.24) is 0 Å². The maximum atomic E-state index is 13.3. The fourth-order valence-corrected chi connectivity index (χ4v) is 2.24. The van der Waals surface area contributed by atoms with Crippen LogP contribution in [0.5, 0.6) is 0 Å². The zero-order chi connectivity index (χ0) is 13.8. The topological polar surface area (TPSA) is 29.1 Å². The van der Waals surface area contributed by atoms with Crippen LogP contribution in [0.4, 0.5) is 18.9 Å². The summed E-state index contributed by atoms with van der Waals surface area (Å²) in [7, 11) is 0. The second kappa shape index (κ2) is 5.88. The standard InChI is InChI=1S/C13H10F3NOS/c14-9-4-5-10(13(16)12(9)15)17-11(18)6-3-8-2-1-7-19-8/h1-2,4-5,7H,3,6H2,(H,17,18). The minimum atomic E-state index is -1.59. The number of nitrogens with one attached hydrogen (secondary N) is 1. The minimum absolute atomic E-state index is 0.152. The highest BCUT2D eigenvalue weighted by molar-refractivity contribution is 7.09. The van der Waals surface area contributed by atoms with Gasteiger partial charge in [0.1, 0.15) is 0 Å². The largest absolute Gasteiger partial charge is 0.323 e. The number of hydrogen-bond acceptors (Lipinski definition) is 2. The van der Waals surface area contributed by atoms with Crippen molar-refractivity contribution in [3.63, 3.8) is 0 Å². The molecule has 19 heavy (non-hydrogen) atoms. The smallest absolute Gasteiger partial charge is 0.224 e. The summed E-state index contributed by atoms with van der Waals surface area (Å²) in [6.45, 7) is 0. The molecule has 1 aromatic heterocycles. The predicted molar refractivity (Wildman–Crippen MR) is 67.6 cm³/mol. The molecule has 1 amide bonds. The molecule has 2 aromatic rings. The van der Waals surface area contributed by atoms with Gasteiger partial charge in [0.2, 0.25) is 5.91 Å². The molecular formula is C13H10F3NOS. The molecule has 2 rings (SSSR count). The van der Waals surface area contributed by atoms with Gasteiger partial charge in [0.25, 0.3) is 0 Å². The normalized spacial score (nSPS) is 10.5. The summed E-state index contributed by atoms with van der Waals surface area (Å²) in [5.41, 5.74) is -0.352. The molecule has 6 heteroatoms. The fraction of sp³-hybridized carbons (Fsp3) is 0.154. The Labute approximate surface area is 111 Å². The van der Waals surface area contributed by atoms with E-state index in [-0.39, 0.29) is 12.1 Å². The van der Waals surface area contributed by atoms with Gasteiger partial charge < -0.3 is 5.32 Å². The monoisotopic (exact) mass is 285 g/mol. The maximum Gasteiger partial charge on any atom is 0.224 e. The van der Waals surface area contributed by atoms with Gasteiger partial charge in [-0.1, -0.05) is 6.07 Å². The number of halogens is 3. The van der Waals surface area contributed by atoms with Crippen molar-refractivity contribution in [2.45, 2.75) is 12.8 Å². The lowest BCUT2D eigenvalue weighted by Crippen LogP contribution is -2.14. The third-order valence-electron chi connectivity index (χ3n) is 2.49. The van der Waals surface area contributed by atoms with Crippen LogP contribution in [-0.2, 0) is 11.2 Å². The van der Waals surface area contributed by atoms with Crippen LogP contribution in [0.25, 0.3) is 0 Å². The molecule has 1 heterocycles. The van der Waals surface area contributed by atoms with Crippen LogP contribution >= 0.6 is 11.3 Å². The number of carbonyl (C=O) groups excluding carboxylic acids is 1. The maximum absolute atomic E-state index is 13.3. The molecule has 2 nitrogen and oxygen atoms in total. The number of benzene rings is 1. The lowest BCUT2D eigenvalue weighted by molar-refractivity contribution is -0.116. The first-order chi connectivity index (χ1) is 9.08. The molecule has 0 unspecified atom stereocenters. The third kappa shape index (κ3) is 3.35. The molecule has 100 valence electrons. The highest BCUT2D eigenvalue weighted by atomic mass is 32.1. The lowest BCUT2D eigenvalue weighted by Gasteiger charge is -2.06. The summed E-state index contributed by atoms with van der Waals surface area (Å²) in [5, 5.41) is 4.12. The van der Waals surface area contributed by atoms with Crippen LogP contribution in [0, 0.1) is 17.5 Å². The molecule has 0 saturated heterocycles. The number of aryl methyl sites for hydroxylation is 1. The minimum Gasteiger partial charge on any atom is -0.323 e. The van der Waals surface area contributed by atoms with E-state index in [0.29, 0.717) is 6.42 Å². The van der Waals surface area contributed by atoms with E-state index in [2.05, 4.69) is 5.32 Å². The highest BCUT2D eigenvalue weighted by Gasteiger charge is 2.15. The number of carbonyl (C=O) groups is 1. The Kier molecular flexibility index (Phi) is 4.21. The van der Waals surface area contributed by atoms with Gasteiger partial charge in [-0.25, -0.2) is 13.2 Å². The first-order valence-electron chi connectivity index (χ1n) is 5.53. The van der Waals surface area contributed by atoms with Gasteiger partial charge in [0.15, 0.2) is 17.5 Å². The van der Waals surface area contributed by atoms with Crippen LogP contribution in [-0.4, -0.2) is 5.91 Å². The van der Waals surface area contributed by atoms with Crippen molar-refractivity contribution < 1.29 is 18.0 Å². The van der Waals surface area contributed by atoms with Crippen LogP contribution < -0.4 is 5.32 Å². The Balaban J connectivity index is 1.97. The number of amides is 1. The van der Waals surface area contributed by atoms with Crippen LogP contribution in [0.3, 0.4) is 0 Å². The Morgan fingerprint density at radius 3 is 2.63 bits per heavy atom. The summed E-state index contributed by atoms with van der Waals surface area (Å²) >= 11 is 1.52. The van der Waals surface area contributed by atoms with Crippen molar-refractivity contribution in [3.8, 4) is 0 Å². The van der Waals surface area contributed by atoms with Gasteiger partial charge in [0.05, 0.1) is 5.69 Å². The molecule has 0 bridgehead atoms. The zero-order valence-electron chi connectivity index (χ0n) is 9.75. The van der Waals surface area contributed by atoms with Gasteiger partial charge in [-0.05, 0) is 30.0 Å². The van der Waals surface area contributed by atoms with Crippen molar-refractivity contribution in [3.05, 3.63) is 52.0 Å². The van der Waals surface area contributed by atoms with Crippen LogP contribution in [0.1, 0.15) is 11.3 Å². The first kappa shape index (κ1) is 13.6. The zero-order valence-corrected chi connectivity index (χ0v) is 10.6. The Morgan fingerprint density at radius 1 is 1.16 bits per heavy atom. The van der Waals surface area contributed by atoms with E-state index in [1.807, 2.05) is 17.5 Å². The number of anilines is 1. The van der Waals surface area contributed by atoms with Gasteiger partial charge in [0, 0.05) is 11.3 Å². The van der Waals surface area contributed by atoms with Gasteiger partial charge in [-0.3, -0.25) is 4.79 Å². The van der Waals surface area contributed by atoms with Crippen molar-refractivity contribution >= 4 is 22.9 Å². The first-order valence-corrected chi connectivity index (χ1v) is 6.41. The summed E-state index contributed by atoms with van der Waals surface area (Å²) in [4.78, 5) is 12.6. The molecule has 0 aliphatic heterocycles. The van der Waals surface area contributed by atoms with Crippen molar-refractivity contribution in [1.29, 1.82) is 0 Å². The van der Waals surface area contributed by atoms with E-state index >= 15 is 0 Å². The summed E-state index contributed by atoms with van der Waals surface area (Å²) in [5.74, 6) is -4.70. The average molecular weight is 285 g/mol. The Morgan fingerprint density at radius 2 is 1.95 bits per heavy atom. The van der Waals surface area contributed by atoms with Crippen molar-refractivity contribution in [2.75, 3.05) is 5.32 Å². The van der Waals surface area contributed by atoms with E-state index in [1.165, 1.54) is 11.3 Å². The predicted octanol–water partition coefficient (Wildman–Crippen LogP) is 3.74. The lowest BCUT2D eigenvalue weighted by atomic mass is 10.2. The van der Waals surface area contributed by atoms with E-state index in [1.54, 1.807) is 0 Å². The SMILES string of the molecule is O=C(CCc1cccs1)Nc1ccc(F)c(F)c1F. The van der Waals surface area contributed by atoms with E-state index in [9.17, 15) is 18.0 Å². The Hall–Kier alpha value is -1.82. The fourth-order valence-electron chi connectivity index (χ4n) is 1.53. The van der Waals surface area contributed by atoms with Gasteiger partial charge >= 0.3 is 0 Å². The molecule has 0 saturated carbocycles. The number of hydrogen-bond donors (Lipinski definition) is 1. The van der Waals surface area contributed by atoms with E-state index < -0.39 is 23.4 Å². The summed E-state index contributed by atoms with van der Waals surface area (Å²) < 4.78 is 39.0. The van der Waals surface area contributed by atoms with Crippen LogP contribution in [0.2, 0.25) is 0 Å². The molecule has 0 aliphatic rings. The quantitative estimate of drug-likeness (QED) is 0.852. The Bertz CT molecular complexity index is 584.